The van der Waals surface area contributed by atoms with Gasteiger partial charge in [-0.3, -0.25) is 0 Å². The largest absolute Gasteiger partial charge is 0.227 e. The smallest absolute Gasteiger partial charge is 0.185 e. The Morgan fingerprint density at radius 3 is 2.43 bits per heavy atom. The maximum absolute atomic E-state index is 9.95. The van der Waals surface area contributed by atoms with Gasteiger partial charge in [-0.2, -0.15) is 0 Å². The Balaban J connectivity index is 2.82. The number of hydrogen-bond acceptors (Lipinski definition) is 4. The molecule has 0 fully saturated rings. The third-order valence-corrected chi connectivity index (χ3v) is 0.742. The SMILES string of the molecule is CSOOS(C)=O. The van der Waals surface area contributed by atoms with Crippen molar-refractivity contribution in [2.75, 3.05) is 12.5 Å². The zero-order chi connectivity index (χ0) is 5.70. The van der Waals surface area contributed by atoms with Crippen LogP contribution in [0.4, 0.5) is 0 Å². The molecule has 1 atom stereocenters. The number of hydrogen-bond donors (Lipinski definition) is 0. The normalized spacial score (nSPS) is 14.0. The second-order valence-electron chi connectivity index (χ2n) is 0.704. The van der Waals surface area contributed by atoms with Gasteiger partial charge in [0.2, 0.25) is 0 Å². The fourth-order valence-electron chi connectivity index (χ4n) is 0.0669. The van der Waals surface area contributed by atoms with E-state index in [2.05, 4.69) is 8.67 Å². The molecule has 5 heteroatoms. The molecule has 0 aromatic carbocycles. The van der Waals surface area contributed by atoms with Crippen molar-refractivity contribution in [1.82, 2.24) is 0 Å². The molecule has 0 aliphatic heterocycles. The molecule has 0 saturated carbocycles. The Morgan fingerprint density at radius 1 is 1.71 bits per heavy atom. The lowest BCUT2D eigenvalue weighted by Crippen LogP contribution is -1.88. The van der Waals surface area contributed by atoms with Crippen molar-refractivity contribution in [3.63, 3.8) is 0 Å². The van der Waals surface area contributed by atoms with Crippen molar-refractivity contribution in [2.24, 2.45) is 0 Å². The van der Waals surface area contributed by atoms with Crippen molar-refractivity contribution in [2.45, 2.75) is 0 Å². The van der Waals surface area contributed by atoms with Crippen molar-refractivity contribution in [1.29, 1.82) is 0 Å². The first-order valence-electron chi connectivity index (χ1n) is 1.48. The van der Waals surface area contributed by atoms with Crippen molar-refractivity contribution < 1.29 is 12.9 Å². The van der Waals surface area contributed by atoms with Crippen molar-refractivity contribution in [3.05, 3.63) is 0 Å². The molecule has 0 spiro atoms. The van der Waals surface area contributed by atoms with Gasteiger partial charge in [0.1, 0.15) is 0 Å². The minimum Gasteiger partial charge on any atom is -0.227 e. The second kappa shape index (κ2) is 4.58. The summed E-state index contributed by atoms with van der Waals surface area (Å²) in [5, 5.41) is 0. The van der Waals surface area contributed by atoms with Crippen LogP contribution in [0.25, 0.3) is 0 Å². The van der Waals surface area contributed by atoms with Crippen molar-refractivity contribution >= 4 is 23.1 Å². The first-order valence-corrected chi connectivity index (χ1v) is 4.12. The Morgan fingerprint density at radius 2 is 2.29 bits per heavy atom. The summed E-state index contributed by atoms with van der Waals surface area (Å²) in [7, 11) is 0. The molecular weight excluding hydrogens is 136 g/mol. The van der Waals surface area contributed by atoms with E-state index in [1.807, 2.05) is 0 Å². The third-order valence-electron chi connectivity index (χ3n) is 0.192. The highest BCUT2D eigenvalue weighted by molar-refractivity contribution is 7.94. The van der Waals surface area contributed by atoms with Gasteiger partial charge in [-0.05, 0) is 0 Å². The van der Waals surface area contributed by atoms with E-state index < -0.39 is 11.1 Å². The summed E-state index contributed by atoms with van der Waals surface area (Å²) < 4.78 is 18.3. The van der Waals surface area contributed by atoms with Crippen LogP contribution in [0, 0.1) is 0 Å². The quantitative estimate of drug-likeness (QED) is 0.327. The summed E-state index contributed by atoms with van der Waals surface area (Å²) in [6.45, 7) is 0. The topological polar surface area (TPSA) is 35.5 Å². The van der Waals surface area contributed by atoms with Gasteiger partial charge in [-0.1, -0.05) is 0 Å². The molecule has 0 aliphatic carbocycles. The van der Waals surface area contributed by atoms with Gasteiger partial charge >= 0.3 is 0 Å². The van der Waals surface area contributed by atoms with Gasteiger partial charge in [0.25, 0.3) is 0 Å². The molecule has 44 valence electrons. The molecule has 0 radical (unpaired) electrons. The highest BCUT2D eigenvalue weighted by Gasteiger charge is 1.85. The Labute approximate surface area is 49.2 Å². The van der Waals surface area contributed by atoms with Crippen LogP contribution >= 0.6 is 12.0 Å². The summed E-state index contributed by atoms with van der Waals surface area (Å²) in [4.78, 5) is 0. The Kier molecular flexibility index (Phi) is 4.85. The zero-order valence-electron chi connectivity index (χ0n) is 4.04. The van der Waals surface area contributed by atoms with E-state index in [0.29, 0.717) is 0 Å². The zero-order valence-corrected chi connectivity index (χ0v) is 5.67. The summed E-state index contributed by atoms with van der Waals surface area (Å²) >= 11 is -0.294. The average molecular weight is 142 g/mol. The predicted molar refractivity (Wildman–Crippen MR) is 29.8 cm³/mol. The molecule has 0 rings (SSSR count). The minimum absolute atomic E-state index is 1.01. The van der Waals surface area contributed by atoms with Crippen LogP contribution in [0.15, 0.2) is 0 Å². The van der Waals surface area contributed by atoms with Gasteiger partial charge < -0.3 is 0 Å². The predicted octanol–water partition coefficient (Wildman–Crippen LogP) is 0.506. The summed E-state index contributed by atoms with van der Waals surface area (Å²) in [6.07, 6.45) is 3.06. The summed E-state index contributed by atoms with van der Waals surface area (Å²) in [5.41, 5.74) is 0. The molecule has 0 amide bonds. The van der Waals surface area contributed by atoms with E-state index >= 15 is 0 Å². The highest BCUT2D eigenvalue weighted by atomic mass is 32.2. The summed E-state index contributed by atoms with van der Waals surface area (Å²) in [6, 6.07) is 0. The van der Waals surface area contributed by atoms with Gasteiger partial charge in [0.05, 0.1) is 0 Å². The lowest BCUT2D eigenvalue weighted by atomic mass is 12.0. The van der Waals surface area contributed by atoms with Crippen LogP contribution in [0.1, 0.15) is 0 Å². The molecular formula is C2H6O3S2. The molecule has 0 aromatic heterocycles. The lowest BCUT2D eigenvalue weighted by molar-refractivity contribution is -0.0605. The van der Waals surface area contributed by atoms with Gasteiger partial charge in [-0.15, -0.1) is 8.67 Å². The maximum atomic E-state index is 9.95. The molecule has 0 N–H and O–H groups in total. The van der Waals surface area contributed by atoms with Crippen molar-refractivity contribution in [3.8, 4) is 0 Å². The van der Waals surface area contributed by atoms with E-state index in [1.54, 1.807) is 6.26 Å². The van der Waals surface area contributed by atoms with Gasteiger partial charge in [0, 0.05) is 24.6 Å². The maximum Gasteiger partial charge on any atom is 0.185 e. The molecule has 0 aromatic rings. The Bertz CT molecular complexity index is 64.0. The van der Waals surface area contributed by atoms with Crippen LogP contribution in [0.5, 0.6) is 0 Å². The standard InChI is InChI=1S/C2H6O3S2/c1-6-4-5-7(2)3/h1-2H3. The first kappa shape index (κ1) is 7.42. The first-order chi connectivity index (χ1) is 3.27. The summed E-state index contributed by atoms with van der Waals surface area (Å²) in [5.74, 6) is 0. The monoisotopic (exact) mass is 142 g/mol. The van der Waals surface area contributed by atoms with Crippen LogP contribution in [0.2, 0.25) is 0 Å². The molecule has 3 nitrogen and oxygen atoms in total. The van der Waals surface area contributed by atoms with Gasteiger partial charge in [-0.25, -0.2) is 4.21 Å². The van der Waals surface area contributed by atoms with E-state index in [9.17, 15) is 4.21 Å². The lowest BCUT2D eigenvalue weighted by Gasteiger charge is -1.89. The van der Waals surface area contributed by atoms with E-state index in [1.165, 1.54) is 6.26 Å². The Hall–Kier alpha value is 0.420. The fraction of sp³-hybridized carbons (Fsp3) is 1.00. The molecule has 0 saturated heterocycles. The van der Waals surface area contributed by atoms with Crippen LogP contribution in [0.3, 0.4) is 0 Å². The minimum atomic E-state index is -1.31. The third kappa shape index (κ3) is 6.42. The second-order valence-corrected chi connectivity index (χ2v) is 2.11. The molecule has 0 bridgehead atoms. The van der Waals surface area contributed by atoms with Crippen LogP contribution < -0.4 is 0 Å². The van der Waals surface area contributed by atoms with E-state index in [4.69, 9.17) is 0 Å². The average Bonchev–Trinajstić information content (AvgIpc) is 1.61. The van der Waals surface area contributed by atoms with Gasteiger partial charge in [0.15, 0.2) is 11.1 Å². The highest BCUT2D eigenvalue weighted by Crippen LogP contribution is 1.95. The molecule has 0 aliphatic rings. The van der Waals surface area contributed by atoms with E-state index in [0.717, 1.165) is 12.0 Å². The molecule has 1 unspecified atom stereocenters. The van der Waals surface area contributed by atoms with Crippen LogP contribution in [-0.4, -0.2) is 16.7 Å². The fourth-order valence-corrected chi connectivity index (χ4v) is 0.602. The number of rotatable bonds is 3. The molecule has 0 heterocycles. The molecule has 7 heavy (non-hydrogen) atoms. The van der Waals surface area contributed by atoms with E-state index in [-0.39, 0.29) is 0 Å². The van der Waals surface area contributed by atoms with Crippen LogP contribution in [-0.2, 0) is 19.7 Å².